The van der Waals surface area contributed by atoms with Crippen LogP contribution in [0.4, 0.5) is 0 Å². The van der Waals surface area contributed by atoms with Crippen LogP contribution < -0.4 is 5.56 Å². The van der Waals surface area contributed by atoms with Crippen LogP contribution in [0, 0.1) is 0 Å². The molecule has 1 N–H and O–H groups in total. The van der Waals surface area contributed by atoms with Crippen LogP contribution in [0.5, 0.6) is 0 Å². The van der Waals surface area contributed by atoms with Crippen LogP contribution in [0.25, 0.3) is 22.2 Å². The molecule has 2 aromatic heterocycles. The predicted molar refractivity (Wildman–Crippen MR) is 75.5 cm³/mol. The standard InChI is InChI=1S/C14H9BrN2O/c15-11-5-1-3-9(7-11)12-8-10-4-2-6-16-13(10)17-14(12)18/h1-8H,(H,16,17,18). The van der Waals surface area contributed by atoms with Gasteiger partial charge in [-0.2, -0.15) is 0 Å². The SMILES string of the molecule is O=c1[nH]c2ncccc2cc1-c1cccc(Br)c1. The predicted octanol–water partition coefficient (Wildman–Crippen LogP) is 3.35. The van der Waals surface area contributed by atoms with E-state index in [9.17, 15) is 4.79 Å². The number of nitrogens with one attached hydrogen (secondary N) is 1. The molecule has 0 aliphatic rings. The highest BCUT2D eigenvalue weighted by molar-refractivity contribution is 9.10. The van der Waals surface area contributed by atoms with E-state index >= 15 is 0 Å². The lowest BCUT2D eigenvalue weighted by Crippen LogP contribution is -2.09. The Hall–Kier alpha value is -1.94. The summed E-state index contributed by atoms with van der Waals surface area (Å²) in [4.78, 5) is 19.0. The van der Waals surface area contributed by atoms with E-state index in [0.29, 0.717) is 11.2 Å². The smallest absolute Gasteiger partial charge is 0.257 e. The number of aromatic amines is 1. The monoisotopic (exact) mass is 300 g/mol. The minimum absolute atomic E-state index is 0.126. The lowest BCUT2D eigenvalue weighted by molar-refractivity contribution is 1.23. The average Bonchev–Trinajstić information content (AvgIpc) is 2.38. The van der Waals surface area contributed by atoms with Gasteiger partial charge in [0.15, 0.2) is 0 Å². The summed E-state index contributed by atoms with van der Waals surface area (Å²) in [6, 6.07) is 13.3. The first kappa shape index (κ1) is 11.2. The fourth-order valence-electron chi connectivity index (χ4n) is 1.91. The first-order valence-electron chi connectivity index (χ1n) is 5.48. The minimum Gasteiger partial charge on any atom is -0.306 e. The normalized spacial score (nSPS) is 10.7. The molecular weight excluding hydrogens is 292 g/mol. The fourth-order valence-corrected chi connectivity index (χ4v) is 2.30. The van der Waals surface area contributed by atoms with Gasteiger partial charge in [-0.05, 0) is 35.9 Å². The van der Waals surface area contributed by atoms with Crippen molar-refractivity contribution in [3.63, 3.8) is 0 Å². The van der Waals surface area contributed by atoms with Gasteiger partial charge in [-0.15, -0.1) is 0 Å². The van der Waals surface area contributed by atoms with Crippen LogP contribution in [-0.4, -0.2) is 9.97 Å². The largest absolute Gasteiger partial charge is 0.306 e. The maximum Gasteiger partial charge on any atom is 0.257 e. The van der Waals surface area contributed by atoms with Crippen molar-refractivity contribution in [1.82, 2.24) is 9.97 Å². The second kappa shape index (κ2) is 4.38. The number of pyridine rings is 2. The summed E-state index contributed by atoms with van der Waals surface area (Å²) >= 11 is 3.41. The van der Waals surface area contributed by atoms with Gasteiger partial charge in [0.2, 0.25) is 0 Å². The van der Waals surface area contributed by atoms with E-state index in [0.717, 1.165) is 15.4 Å². The molecule has 18 heavy (non-hydrogen) atoms. The van der Waals surface area contributed by atoms with E-state index in [1.54, 1.807) is 6.20 Å². The highest BCUT2D eigenvalue weighted by Gasteiger charge is 2.06. The van der Waals surface area contributed by atoms with Gasteiger partial charge in [-0.25, -0.2) is 4.98 Å². The molecule has 0 atom stereocenters. The molecule has 0 radical (unpaired) electrons. The molecule has 0 saturated carbocycles. The van der Waals surface area contributed by atoms with Crippen molar-refractivity contribution in [2.45, 2.75) is 0 Å². The molecule has 0 saturated heterocycles. The number of fused-ring (bicyclic) bond motifs is 1. The van der Waals surface area contributed by atoms with Crippen molar-refractivity contribution in [3.8, 4) is 11.1 Å². The van der Waals surface area contributed by atoms with Gasteiger partial charge in [0, 0.05) is 21.6 Å². The van der Waals surface area contributed by atoms with E-state index in [2.05, 4.69) is 25.9 Å². The number of nitrogens with zero attached hydrogens (tertiary/aromatic N) is 1. The molecule has 0 unspecified atom stereocenters. The van der Waals surface area contributed by atoms with Gasteiger partial charge in [0.05, 0.1) is 0 Å². The van der Waals surface area contributed by atoms with Crippen molar-refractivity contribution in [1.29, 1.82) is 0 Å². The van der Waals surface area contributed by atoms with Gasteiger partial charge in [-0.3, -0.25) is 4.79 Å². The van der Waals surface area contributed by atoms with E-state index in [1.807, 2.05) is 42.5 Å². The zero-order valence-corrected chi connectivity index (χ0v) is 10.9. The van der Waals surface area contributed by atoms with E-state index < -0.39 is 0 Å². The van der Waals surface area contributed by atoms with Crippen LogP contribution in [0.2, 0.25) is 0 Å². The number of hydrogen-bond donors (Lipinski definition) is 1. The molecule has 3 rings (SSSR count). The summed E-state index contributed by atoms with van der Waals surface area (Å²) in [7, 11) is 0. The molecule has 0 aliphatic carbocycles. The van der Waals surface area contributed by atoms with Gasteiger partial charge < -0.3 is 4.98 Å². The second-order valence-corrected chi connectivity index (χ2v) is 4.88. The third-order valence-corrected chi connectivity index (χ3v) is 3.24. The van der Waals surface area contributed by atoms with Crippen molar-refractivity contribution in [3.05, 3.63) is 63.5 Å². The highest BCUT2D eigenvalue weighted by atomic mass is 79.9. The number of hydrogen-bond acceptors (Lipinski definition) is 2. The quantitative estimate of drug-likeness (QED) is 0.749. The second-order valence-electron chi connectivity index (χ2n) is 3.96. The van der Waals surface area contributed by atoms with Crippen LogP contribution in [0.15, 0.2) is 57.9 Å². The van der Waals surface area contributed by atoms with Crippen LogP contribution in [-0.2, 0) is 0 Å². The van der Waals surface area contributed by atoms with Crippen molar-refractivity contribution in [2.24, 2.45) is 0 Å². The molecule has 1 aromatic carbocycles. The summed E-state index contributed by atoms with van der Waals surface area (Å²) in [5, 5.41) is 0.923. The lowest BCUT2D eigenvalue weighted by atomic mass is 10.1. The van der Waals surface area contributed by atoms with E-state index in [4.69, 9.17) is 0 Å². The number of benzene rings is 1. The van der Waals surface area contributed by atoms with Gasteiger partial charge in [-0.1, -0.05) is 28.1 Å². The van der Waals surface area contributed by atoms with Crippen LogP contribution >= 0.6 is 15.9 Å². The molecule has 0 fully saturated rings. The summed E-state index contributed by atoms with van der Waals surface area (Å²) in [6.07, 6.45) is 1.66. The topological polar surface area (TPSA) is 45.8 Å². The molecular formula is C14H9BrN2O. The molecule has 4 heteroatoms. The molecule has 2 heterocycles. The Bertz CT molecular complexity index is 780. The van der Waals surface area contributed by atoms with Gasteiger partial charge >= 0.3 is 0 Å². The van der Waals surface area contributed by atoms with Gasteiger partial charge in [0.25, 0.3) is 5.56 Å². The van der Waals surface area contributed by atoms with Crippen LogP contribution in [0.1, 0.15) is 0 Å². The first-order valence-corrected chi connectivity index (χ1v) is 6.27. The molecule has 0 bridgehead atoms. The Morgan fingerprint density at radius 1 is 1.11 bits per heavy atom. The Balaban J connectivity index is 2.29. The molecule has 88 valence electrons. The van der Waals surface area contributed by atoms with Crippen LogP contribution in [0.3, 0.4) is 0 Å². The van der Waals surface area contributed by atoms with Gasteiger partial charge in [0.1, 0.15) is 5.65 Å². The first-order chi connectivity index (χ1) is 8.74. The molecule has 3 nitrogen and oxygen atoms in total. The highest BCUT2D eigenvalue weighted by Crippen LogP contribution is 2.21. The number of rotatable bonds is 1. The third-order valence-electron chi connectivity index (χ3n) is 2.75. The van der Waals surface area contributed by atoms with Crippen molar-refractivity contribution >= 4 is 27.0 Å². The average molecular weight is 301 g/mol. The van der Waals surface area contributed by atoms with E-state index in [1.165, 1.54) is 0 Å². The van der Waals surface area contributed by atoms with Crippen molar-refractivity contribution in [2.75, 3.05) is 0 Å². The van der Waals surface area contributed by atoms with E-state index in [-0.39, 0.29) is 5.56 Å². The molecule has 0 spiro atoms. The zero-order valence-electron chi connectivity index (χ0n) is 9.35. The Morgan fingerprint density at radius 3 is 2.83 bits per heavy atom. The fraction of sp³-hybridized carbons (Fsp3) is 0. The Kier molecular flexibility index (Phi) is 2.72. The zero-order chi connectivity index (χ0) is 12.5. The minimum atomic E-state index is -0.126. The number of halogens is 1. The number of H-pyrrole nitrogens is 1. The summed E-state index contributed by atoms with van der Waals surface area (Å²) in [5.41, 5.74) is 2.02. The van der Waals surface area contributed by atoms with Crippen molar-refractivity contribution < 1.29 is 0 Å². The maximum absolute atomic E-state index is 12.0. The Morgan fingerprint density at radius 2 is 2.00 bits per heavy atom. The third kappa shape index (κ3) is 1.95. The summed E-state index contributed by atoms with van der Waals surface area (Å²) in [5.74, 6) is 0. The maximum atomic E-state index is 12.0. The molecule has 3 aromatic rings. The molecule has 0 aliphatic heterocycles. The summed E-state index contributed by atoms with van der Waals surface area (Å²) < 4.78 is 0.950. The Labute approximate surface area is 112 Å². The lowest BCUT2D eigenvalue weighted by Gasteiger charge is -2.03. The molecule has 0 amide bonds. The summed E-state index contributed by atoms with van der Waals surface area (Å²) in [6.45, 7) is 0. The number of aromatic nitrogens is 2.